The number of pyridine rings is 1. The third-order valence-electron chi connectivity index (χ3n) is 3.97. The number of hydrogen-bond acceptors (Lipinski definition) is 5. The average Bonchev–Trinajstić information content (AvgIpc) is 2.64. The summed E-state index contributed by atoms with van der Waals surface area (Å²) in [5.41, 5.74) is 2.46. The summed E-state index contributed by atoms with van der Waals surface area (Å²) in [7, 11) is 3.01. The van der Waals surface area contributed by atoms with Crippen molar-refractivity contribution in [3.63, 3.8) is 0 Å². The summed E-state index contributed by atoms with van der Waals surface area (Å²) in [6.07, 6.45) is 7.22. The summed E-state index contributed by atoms with van der Waals surface area (Å²) in [5.74, 6) is -0.609. The highest BCUT2D eigenvalue weighted by Crippen LogP contribution is 2.36. The molecular formula is C21H23NO5. The van der Waals surface area contributed by atoms with Crippen LogP contribution in [0.4, 0.5) is 0 Å². The van der Waals surface area contributed by atoms with Crippen molar-refractivity contribution in [1.29, 1.82) is 0 Å². The van der Waals surface area contributed by atoms with Gasteiger partial charge in [0.1, 0.15) is 17.1 Å². The highest BCUT2D eigenvalue weighted by molar-refractivity contribution is 5.97. The second-order valence-electron chi connectivity index (χ2n) is 6.13. The number of allylic oxidation sites excluding steroid dienone is 2. The molecule has 0 saturated carbocycles. The zero-order valence-corrected chi connectivity index (χ0v) is 15.8. The molecular weight excluding hydrogens is 346 g/mol. The molecule has 0 saturated heterocycles. The van der Waals surface area contributed by atoms with E-state index < -0.39 is 5.97 Å². The van der Waals surface area contributed by atoms with Crippen molar-refractivity contribution in [2.75, 3.05) is 14.2 Å². The minimum atomic E-state index is -1.21. The number of rotatable bonds is 7. The molecule has 0 bridgehead atoms. The Morgan fingerprint density at radius 2 is 1.93 bits per heavy atom. The maximum atomic E-state index is 11.8. The molecule has 2 N–H and O–H groups in total. The van der Waals surface area contributed by atoms with Crippen molar-refractivity contribution >= 4 is 18.1 Å². The number of carboxylic acids is 1. The smallest absolute Gasteiger partial charge is 0.340 e. The van der Waals surface area contributed by atoms with Gasteiger partial charge in [0, 0.05) is 17.8 Å². The Bertz CT molecular complexity index is 896. The van der Waals surface area contributed by atoms with Gasteiger partial charge in [-0.05, 0) is 43.5 Å². The molecule has 142 valence electrons. The number of benzene rings is 1. The first-order valence-corrected chi connectivity index (χ1v) is 8.35. The molecule has 2 rings (SSSR count). The van der Waals surface area contributed by atoms with Gasteiger partial charge in [-0.25, -0.2) is 9.78 Å². The van der Waals surface area contributed by atoms with Crippen LogP contribution in [0.1, 0.15) is 40.9 Å². The predicted octanol–water partition coefficient (Wildman–Crippen LogP) is 4.18. The van der Waals surface area contributed by atoms with Crippen LogP contribution in [0, 0.1) is 0 Å². The van der Waals surface area contributed by atoms with E-state index in [4.69, 9.17) is 9.47 Å². The van der Waals surface area contributed by atoms with E-state index in [1.807, 2.05) is 19.9 Å². The van der Waals surface area contributed by atoms with Crippen LogP contribution in [0.2, 0.25) is 0 Å². The molecule has 1 aromatic heterocycles. The van der Waals surface area contributed by atoms with E-state index in [2.05, 4.69) is 4.98 Å². The molecule has 0 spiro atoms. The number of carboxylic acid groups (broad SMARTS) is 1. The van der Waals surface area contributed by atoms with Crippen LogP contribution in [0.3, 0.4) is 0 Å². The summed E-state index contributed by atoms with van der Waals surface area (Å²) in [5, 5.41) is 20.2. The molecule has 1 heterocycles. The molecule has 0 amide bonds. The Morgan fingerprint density at radius 1 is 1.19 bits per heavy atom. The highest BCUT2D eigenvalue weighted by atomic mass is 16.5. The number of nitrogens with zero attached hydrogens (tertiary/aromatic N) is 1. The summed E-state index contributed by atoms with van der Waals surface area (Å²) < 4.78 is 10.5. The second kappa shape index (κ2) is 8.89. The fourth-order valence-electron chi connectivity index (χ4n) is 2.57. The van der Waals surface area contributed by atoms with Gasteiger partial charge >= 0.3 is 5.97 Å². The normalized spacial score (nSPS) is 10.7. The van der Waals surface area contributed by atoms with Crippen molar-refractivity contribution in [2.45, 2.75) is 20.3 Å². The van der Waals surface area contributed by atoms with Gasteiger partial charge in [0.2, 0.25) is 5.88 Å². The number of aromatic carboxylic acids is 1. The van der Waals surface area contributed by atoms with Gasteiger partial charge in [-0.15, -0.1) is 0 Å². The lowest BCUT2D eigenvalue weighted by molar-refractivity contribution is 0.0693. The number of aromatic nitrogens is 1. The van der Waals surface area contributed by atoms with E-state index in [1.165, 1.54) is 14.2 Å². The SMILES string of the molecule is COc1cc(/C=C/c2cc(OC)c(CC=C(C)C)c(O)c2C(=O)O)ccn1. The van der Waals surface area contributed by atoms with Gasteiger partial charge in [0.05, 0.1) is 14.2 Å². The third-order valence-corrected chi connectivity index (χ3v) is 3.97. The maximum Gasteiger partial charge on any atom is 0.340 e. The van der Waals surface area contributed by atoms with Gasteiger partial charge < -0.3 is 19.7 Å². The Kier molecular flexibility index (Phi) is 6.60. The lowest BCUT2D eigenvalue weighted by atomic mass is 9.97. The minimum Gasteiger partial charge on any atom is -0.507 e. The lowest BCUT2D eigenvalue weighted by Gasteiger charge is -2.14. The monoisotopic (exact) mass is 369 g/mol. The minimum absolute atomic E-state index is 0.162. The number of ether oxygens (including phenoxy) is 2. The number of phenols is 1. The largest absolute Gasteiger partial charge is 0.507 e. The van der Waals surface area contributed by atoms with E-state index in [0.29, 0.717) is 29.2 Å². The zero-order valence-electron chi connectivity index (χ0n) is 15.8. The van der Waals surface area contributed by atoms with Crippen LogP contribution in [0.15, 0.2) is 36.0 Å². The van der Waals surface area contributed by atoms with Gasteiger partial charge in [-0.3, -0.25) is 0 Å². The third kappa shape index (κ3) is 4.88. The number of methoxy groups -OCH3 is 2. The second-order valence-corrected chi connectivity index (χ2v) is 6.13. The molecule has 0 aliphatic heterocycles. The fourth-order valence-corrected chi connectivity index (χ4v) is 2.57. The van der Waals surface area contributed by atoms with E-state index in [9.17, 15) is 15.0 Å². The molecule has 0 fully saturated rings. The maximum absolute atomic E-state index is 11.8. The van der Waals surface area contributed by atoms with Crippen molar-refractivity contribution in [3.05, 3.63) is 58.3 Å². The van der Waals surface area contributed by atoms with E-state index in [0.717, 1.165) is 11.1 Å². The molecule has 1 aromatic carbocycles. The van der Waals surface area contributed by atoms with Crippen LogP contribution in [0.5, 0.6) is 17.4 Å². The molecule has 6 nitrogen and oxygen atoms in total. The van der Waals surface area contributed by atoms with E-state index in [1.54, 1.807) is 36.5 Å². The van der Waals surface area contributed by atoms with Crippen molar-refractivity contribution in [3.8, 4) is 17.4 Å². The molecule has 0 unspecified atom stereocenters. The summed E-state index contributed by atoms with van der Waals surface area (Å²) in [6, 6.07) is 5.10. The molecule has 0 aliphatic rings. The van der Waals surface area contributed by atoms with Crippen molar-refractivity contribution < 1.29 is 24.5 Å². The number of hydrogen-bond donors (Lipinski definition) is 2. The summed E-state index contributed by atoms with van der Waals surface area (Å²) >= 11 is 0. The van der Waals surface area contributed by atoms with Crippen LogP contribution in [0.25, 0.3) is 12.2 Å². The van der Waals surface area contributed by atoms with Crippen LogP contribution in [-0.2, 0) is 6.42 Å². The van der Waals surface area contributed by atoms with Gasteiger partial charge in [-0.1, -0.05) is 23.8 Å². The Hall–Kier alpha value is -3.28. The van der Waals surface area contributed by atoms with Crippen molar-refractivity contribution in [1.82, 2.24) is 4.98 Å². The topological polar surface area (TPSA) is 88.9 Å². The average molecular weight is 369 g/mol. The Morgan fingerprint density at radius 3 is 2.52 bits per heavy atom. The van der Waals surface area contributed by atoms with Gasteiger partial charge in [-0.2, -0.15) is 0 Å². The number of aromatic hydroxyl groups is 1. The molecule has 27 heavy (non-hydrogen) atoms. The first kappa shape index (κ1) is 20.0. The molecule has 0 atom stereocenters. The molecule has 2 aromatic rings. The van der Waals surface area contributed by atoms with Crippen LogP contribution in [-0.4, -0.2) is 35.4 Å². The highest BCUT2D eigenvalue weighted by Gasteiger charge is 2.21. The fraction of sp³-hybridized carbons (Fsp3) is 0.238. The zero-order chi connectivity index (χ0) is 20.0. The molecule has 6 heteroatoms. The first-order valence-electron chi connectivity index (χ1n) is 8.35. The first-order chi connectivity index (χ1) is 12.9. The Balaban J connectivity index is 2.54. The van der Waals surface area contributed by atoms with E-state index >= 15 is 0 Å². The number of carbonyl (C=O) groups is 1. The standard InChI is InChI=1S/C21H23NO5/c1-13(2)5-8-16-17(26-3)12-15(19(20(16)23)21(24)25)7-6-14-9-10-22-18(11-14)27-4/h5-7,9-12,23H,8H2,1-4H3,(H,24,25)/b7-6+. The van der Waals surface area contributed by atoms with E-state index in [-0.39, 0.29) is 11.3 Å². The lowest BCUT2D eigenvalue weighted by Crippen LogP contribution is -2.04. The summed E-state index contributed by atoms with van der Waals surface area (Å²) in [6.45, 7) is 3.86. The molecule has 0 aliphatic carbocycles. The van der Waals surface area contributed by atoms with Crippen LogP contribution >= 0.6 is 0 Å². The molecule has 0 radical (unpaired) electrons. The van der Waals surface area contributed by atoms with Crippen LogP contribution < -0.4 is 9.47 Å². The van der Waals surface area contributed by atoms with Crippen molar-refractivity contribution in [2.24, 2.45) is 0 Å². The Labute approximate surface area is 158 Å². The van der Waals surface area contributed by atoms with Gasteiger partial charge in [0.25, 0.3) is 0 Å². The summed E-state index contributed by atoms with van der Waals surface area (Å²) in [4.78, 5) is 15.8. The van der Waals surface area contributed by atoms with Gasteiger partial charge in [0.15, 0.2) is 0 Å². The quantitative estimate of drug-likeness (QED) is 0.712. The predicted molar refractivity (Wildman–Crippen MR) is 104 cm³/mol.